The van der Waals surface area contributed by atoms with Crippen LogP contribution >= 0.6 is 0 Å². The molecule has 2 aromatic carbocycles. The number of pyridine rings is 1. The van der Waals surface area contributed by atoms with Gasteiger partial charge in [0.2, 0.25) is 0 Å². The largest absolute Gasteiger partial charge is 0.301 e. The summed E-state index contributed by atoms with van der Waals surface area (Å²) in [6.07, 6.45) is 6.80. The molecule has 1 saturated heterocycles. The molecule has 3 aliphatic rings. The number of hydrogen-bond acceptors (Lipinski definition) is 4. The summed E-state index contributed by atoms with van der Waals surface area (Å²) in [5.41, 5.74) is 8.61. The van der Waals surface area contributed by atoms with Gasteiger partial charge in [-0.05, 0) is 80.7 Å². The van der Waals surface area contributed by atoms with Crippen molar-refractivity contribution in [3.05, 3.63) is 100 Å². The molecule has 0 saturated carbocycles. The first-order valence-electron chi connectivity index (χ1n) is 13.3. The minimum absolute atomic E-state index is 0.423. The Morgan fingerprint density at radius 2 is 1.51 bits per heavy atom. The maximum atomic E-state index is 4.60. The molecule has 1 fully saturated rings. The van der Waals surface area contributed by atoms with Crippen molar-refractivity contribution in [2.45, 2.75) is 62.8 Å². The molecule has 0 spiro atoms. The molecule has 4 atom stereocenters. The van der Waals surface area contributed by atoms with Gasteiger partial charge >= 0.3 is 0 Å². The lowest BCUT2D eigenvalue weighted by Gasteiger charge is -2.46. The van der Waals surface area contributed by atoms with Crippen molar-refractivity contribution >= 4 is 0 Å². The summed E-state index contributed by atoms with van der Waals surface area (Å²) in [4.78, 5) is 12.3. The first-order chi connectivity index (χ1) is 17.1. The Morgan fingerprint density at radius 3 is 2.34 bits per heavy atom. The predicted octanol–water partition coefficient (Wildman–Crippen LogP) is 5.57. The molecular formula is C31H38N4. The van der Waals surface area contributed by atoms with Gasteiger partial charge in [0.05, 0.1) is 5.69 Å². The molecule has 0 radical (unpaired) electrons. The lowest BCUT2D eigenvalue weighted by Crippen LogP contribution is -2.47. The van der Waals surface area contributed by atoms with Crippen molar-refractivity contribution in [3.8, 4) is 0 Å². The van der Waals surface area contributed by atoms with Gasteiger partial charge < -0.3 is 4.90 Å². The van der Waals surface area contributed by atoms with Gasteiger partial charge in [-0.25, -0.2) is 0 Å². The second-order valence-electron chi connectivity index (χ2n) is 11.1. The van der Waals surface area contributed by atoms with E-state index in [-0.39, 0.29) is 0 Å². The molecule has 3 aromatic rings. The van der Waals surface area contributed by atoms with Gasteiger partial charge in [0.1, 0.15) is 0 Å². The Labute approximate surface area is 210 Å². The van der Waals surface area contributed by atoms with Crippen molar-refractivity contribution in [1.29, 1.82) is 0 Å². The first-order valence-corrected chi connectivity index (χ1v) is 13.3. The van der Waals surface area contributed by atoms with E-state index in [1.807, 2.05) is 6.20 Å². The molecule has 0 amide bonds. The van der Waals surface area contributed by atoms with E-state index in [1.54, 1.807) is 5.56 Å². The minimum atomic E-state index is 0.423. The Morgan fingerprint density at radius 1 is 0.771 bits per heavy atom. The summed E-state index contributed by atoms with van der Waals surface area (Å²) in [5, 5.41) is 0. The molecule has 4 nitrogen and oxygen atoms in total. The number of fused-ring (bicyclic) bond motifs is 2. The van der Waals surface area contributed by atoms with Crippen LogP contribution in [-0.2, 0) is 19.5 Å². The van der Waals surface area contributed by atoms with Crippen LogP contribution in [0.3, 0.4) is 0 Å². The van der Waals surface area contributed by atoms with E-state index in [0.717, 1.165) is 26.1 Å². The summed E-state index contributed by atoms with van der Waals surface area (Å²) < 4.78 is 0. The Kier molecular flexibility index (Phi) is 6.21. The Balaban J connectivity index is 1.22. The van der Waals surface area contributed by atoms with Crippen LogP contribution in [0.1, 0.15) is 70.8 Å². The molecule has 4 unspecified atom stereocenters. The van der Waals surface area contributed by atoms with Gasteiger partial charge in [-0.3, -0.25) is 14.8 Å². The Hall–Kier alpha value is -2.53. The topological polar surface area (TPSA) is 22.6 Å². The monoisotopic (exact) mass is 466 g/mol. The van der Waals surface area contributed by atoms with Crippen LogP contribution in [0.25, 0.3) is 0 Å². The third-order valence-corrected chi connectivity index (χ3v) is 8.89. The minimum Gasteiger partial charge on any atom is -0.301 e. The third-order valence-electron chi connectivity index (χ3n) is 8.89. The van der Waals surface area contributed by atoms with Crippen LogP contribution in [0.2, 0.25) is 0 Å². The van der Waals surface area contributed by atoms with Gasteiger partial charge in [0.15, 0.2) is 0 Å². The molecule has 6 rings (SSSR count). The fraction of sp³-hybridized carbons (Fsp3) is 0.452. The summed E-state index contributed by atoms with van der Waals surface area (Å²) in [5.74, 6) is 0.585. The summed E-state index contributed by atoms with van der Waals surface area (Å²) in [6.45, 7) is 3.15. The number of benzene rings is 2. The summed E-state index contributed by atoms with van der Waals surface area (Å²) >= 11 is 0. The number of aromatic nitrogens is 1. The van der Waals surface area contributed by atoms with Gasteiger partial charge in [0, 0.05) is 49.9 Å². The van der Waals surface area contributed by atoms with Crippen molar-refractivity contribution in [1.82, 2.24) is 19.7 Å². The molecule has 35 heavy (non-hydrogen) atoms. The highest BCUT2D eigenvalue weighted by Crippen LogP contribution is 2.42. The highest BCUT2D eigenvalue weighted by molar-refractivity contribution is 5.35. The number of nitrogens with zero attached hydrogens (tertiary/aromatic N) is 4. The maximum Gasteiger partial charge on any atom is 0.0576 e. The van der Waals surface area contributed by atoms with Gasteiger partial charge in [-0.1, -0.05) is 54.6 Å². The quantitative estimate of drug-likeness (QED) is 0.504. The molecule has 3 aliphatic heterocycles. The van der Waals surface area contributed by atoms with Gasteiger partial charge in [0.25, 0.3) is 0 Å². The van der Waals surface area contributed by atoms with Crippen LogP contribution in [0.5, 0.6) is 0 Å². The normalized spacial score (nSPS) is 27.9. The average Bonchev–Trinajstić information content (AvgIpc) is 2.88. The second kappa shape index (κ2) is 9.50. The first kappa shape index (κ1) is 22.9. The fourth-order valence-corrected chi connectivity index (χ4v) is 7.03. The van der Waals surface area contributed by atoms with E-state index in [4.69, 9.17) is 0 Å². The summed E-state index contributed by atoms with van der Waals surface area (Å²) in [6, 6.07) is 24.6. The van der Waals surface area contributed by atoms with Crippen molar-refractivity contribution in [2.75, 3.05) is 27.7 Å². The highest BCUT2D eigenvalue weighted by atomic mass is 15.2. The van der Waals surface area contributed by atoms with Crippen LogP contribution in [0, 0.1) is 0 Å². The van der Waals surface area contributed by atoms with Crippen molar-refractivity contribution in [3.63, 3.8) is 0 Å². The average molecular weight is 467 g/mol. The number of likely N-dealkylation sites (tertiary alicyclic amines) is 1. The van der Waals surface area contributed by atoms with Gasteiger partial charge in [-0.15, -0.1) is 0 Å². The third kappa shape index (κ3) is 4.33. The van der Waals surface area contributed by atoms with E-state index in [1.165, 1.54) is 47.2 Å². The molecule has 1 aromatic heterocycles. The molecule has 0 aliphatic carbocycles. The smallest absolute Gasteiger partial charge is 0.0576 e. The van der Waals surface area contributed by atoms with E-state index >= 15 is 0 Å². The second-order valence-corrected chi connectivity index (χ2v) is 11.1. The predicted molar refractivity (Wildman–Crippen MR) is 142 cm³/mol. The van der Waals surface area contributed by atoms with E-state index in [9.17, 15) is 0 Å². The standard InChI is InChI=1S/C31H38N4/c1-33-19-25-8-4-5-10-26(25)27(20-33)30-12-6-11-29(35(30)3)22-13-15-23(16-14-22)31-18-24-9-7-17-32-28(24)21-34(31)2/h4-5,7-10,13-17,27,29-31H,6,11-12,18-21H2,1-3H3. The maximum absolute atomic E-state index is 4.60. The van der Waals surface area contributed by atoms with E-state index < -0.39 is 0 Å². The van der Waals surface area contributed by atoms with Crippen LogP contribution in [0.4, 0.5) is 0 Å². The van der Waals surface area contributed by atoms with Gasteiger partial charge in [-0.2, -0.15) is 0 Å². The van der Waals surface area contributed by atoms with Crippen LogP contribution in [-0.4, -0.2) is 53.4 Å². The molecule has 4 heterocycles. The fourth-order valence-electron chi connectivity index (χ4n) is 7.03. The van der Waals surface area contributed by atoms with Crippen LogP contribution in [0.15, 0.2) is 66.9 Å². The SMILES string of the molecule is CN1Cc2ccccc2C(C2CCCC(c3ccc(C4Cc5cccnc5CN4C)cc3)N2C)C1. The highest BCUT2D eigenvalue weighted by Gasteiger charge is 2.37. The lowest BCUT2D eigenvalue weighted by atomic mass is 9.78. The van der Waals surface area contributed by atoms with E-state index in [2.05, 4.69) is 101 Å². The number of piperidine rings is 1. The number of likely N-dealkylation sites (N-methyl/N-ethyl adjacent to an activating group) is 3. The van der Waals surface area contributed by atoms with E-state index in [0.29, 0.717) is 24.0 Å². The zero-order chi connectivity index (χ0) is 23.9. The Bertz CT molecular complexity index is 1170. The zero-order valence-corrected chi connectivity index (χ0v) is 21.4. The zero-order valence-electron chi connectivity index (χ0n) is 21.4. The lowest BCUT2D eigenvalue weighted by molar-refractivity contribution is 0.0789. The van der Waals surface area contributed by atoms with Crippen molar-refractivity contribution in [2.24, 2.45) is 0 Å². The molecule has 4 heteroatoms. The molecular weight excluding hydrogens is 428 g/mol. The molecule has 0 N–H and O–H groups in total. The molecule has 182 valence electrons. The number of rotatable bonds is 3. The van der Waals surface area contributed by atoms with Crippen molar-refractivity contribution < 1.29 is 0 Å². The summed E-state index contributed by atoms with van der Waals surface area (Å²) in [7, 11) is 6.88. The van der Waals surface area contributed by atoms with Crippen LogP contribution < -0.4 is 0 Å². The molecule has 0 bridgehead atoms. The number of hydrogen-bond donors (Lipinski definition) is 0.